The molecule has 0 bridgehead atoms. The van der Waals surface area contributed by atoms with Gasteiger partial charge in [0.25, 0.3) is 0 Å². The SMILES string of the molecule is CC.NC1CSCCS1. The quantitative estimate of drug-likeness (QED) is 0.592. The Morgan fingerprint density at radius 1 is 1.33 bits per heavy atom. The zero-order valence-electron chi connectivity index (χ0n) is 6.09. The van der Waals surface area contributed by atoms with Crippen molar-refractivity contribution >= 4 is 23.5 Å². The summed E-state index contributed by atoms with van der Waals surface area (Å²) < 4.78 is 0. The van der Waals surface area contributed by atoms with Gasteiger partial charge in [-0.2, -0.15) is 11.8 Å². The highest BCUT2D eigenvalue weighted by Crippen LogP contribution is 2.19. The number of thioether (sulfide) groups is 2. The van der Waals surface area contributed by atoms with E-state index in [2.05, 4.69) is 0 Å². The van der Waals surface area contributed by atoms with Gasteiger partial charge in [0, 0.05) is 17.3 Å². The fraction of sp³-hybridized carbons (Fsp3) is 1.00. The molecule has 0 saturated carbocycles. The van der Waals surface area contributed by atoms with Gasteiger partial charge in [-0.05, 0) is 0 Å². The van der Waals surface area contributed by atoms with Gasteiger partial charge < -0.3 is 5.73 Å². The van der Waals surface area contributed by atoms with Crippen LogP contribution in [-0.2, 0) is 0 Å². The molecule has 0 spiro atoms. The van der Waals surface area contributed by atoms with E-state index in [9.17, 15) is 0 Å². The first-order chi connectivity index (χ1) is 4.39. The van der Waals surface area contributed by atoms with Gasteiger partial charge in [0.1, 0.15) is 0 Å². The fourth-order valence-corrected chi connectivity index (χ4v) is 2.74. The van der Waals surface area contributed by atoms with Crippen LogP contribution in [0, 0.1) is 0 Å². The first-order valence-electron chi connectivity index (χ1n) is 3.34. The molecule has 1 saturated heterocycles. The molecular weight excluding hydrogens is 150 g/mol. The van der Waals surface area contributed by atoms with Gasteiger partial charge in [0.15, 0.2) is 0 Å². The summed E-state index contributed by atoms with van der Waals surface area (Å²) >= 11 is 3.83. The average Bonchev–Trinajstić information content (AvgIpc) is 1.94. The Balaban J connectivity index is 0.000000291. The summed E-state index contributed by atoms with van der Waals surface area (Å²) in [4.78, 5) is 0. The third kappa shape index (κ3) is 5.12. The molecule has 0 aromatic heterocycles. The summed E-state index contributed by atoms with van der Waals surface area (Å²) in [6, 6.07) is 0. The molecule has 3 heteroatoms. The summed E-state index contributed by atoms with van der Waals surface area (Å²) in [5.74, 6) is 3.68. The zero-order chi connectivity index (χ0) is 7.11. The van der Waals surface area contributed by atoms with Crippen molar-refractivity contribution in [1.29, 1.82) is 0 Å². The average molecular weight is 165 g/mol. The lowest BCUT2D eigenvalue weighted by atomic mass is 10.8. The van der Waals surface area contributed by atoms with Crippen molar-refractivity contribution in [3.8, 4) is 0 Å². The monoisotopic (exact) mass is 165 g/mol. The summed E-state index contributed by atoms with van der Waals surface area (Å²) in [6.07, 6.45) is 0. The molecule has 56 valence electrons. The minimum atomic E-state index is 0.416. The maximum Gasteiger partial charge on any atom is 0.0599 e. The maximum absolute atomic E-state index is 5.58. The molecule has 9 heavy (non-hydrogen) atoms. The highest BCUT2D eigenvalue weighted by molar-refractivity contribution is 8.06. The van der Waals surface area contributed by atoms with Gasteiger partial charge in [-0.3, -0.25) is 0 Å². The Morgan fingerprint density at radius 3 is 2.22 bits per heavy atom. The summed E-state index contributed by atoms with van der Waals surface area (Å²) in [5.41, 5.74) is 5.58. The van der Waals surface area contributed by atoms with Crippen molar-refractivity contribution in [2.24, 2.45) is 5.73 Å². The molecule has 0 aromatic rings. The van der Waals surface area contributed by atoms with Crippen LogP contribution in [0.5, 0.6) is 0 Å². The third-order valence-corrected chi connectivity index (χ3v) is 3.43. The Hall–Kier alpha value is 0.660. The third-order valence-electron chi connectivity index (χ3n) is 0.842. The van der Waals surface area contributed by atoms with Crippen molar-refractivity contribution in [2.45, 2.75) is 19.2 Å². The van der Waals surface area contributed by atoms with Crippen molar-refractivity contribution in [1.82, 2.24) is 0 Å². The van der Waals surface area contributed by atoms with Crippen LogP contribution >= 0.6 is 23.5 Å². The molecular formula is C6H15NS2. The van der Waals surface area contributed by atoms with Crippen LogP contribution in [0.2, 0.25) is 0 Å². The van der Waals surface area contributed by atoms with Gasteiger partial charge in [-0.25, -0.2) is 0 Å². The lowest BCUT2D eigenvalue weighted by molar-refractivity contribution is 1.05. The number of rotatable bonds is 0. The minimum Gasteiger partial charge on any atom is -0.319 e. The first-order valence-corrected chi connectivity index (χ1v) is 5.55. The van der Waals surface area contributed by atoms with E-state index in [0.29, 0.717) is 5.37 Å². The topological polar surface area (TPSA) is 26.0 Å². The molecule has 2 N–H and O–H groups in total. The normalized spacial score (nSPS) is 26.3. The molecule has 0 aliphatic carbocycles. The van der Waals surface area contributed by atoms with Crippen LogP contribution in [-0.4, -0.2) is 22.6 Å². The predicted molar refractivity (Wildman–Crippen MR) is 49.1 cm³/mol. The fourth-order valence-electron chi connectivity index (χ4n) is 0.506. The van der Waals surface area contributed by atoms with E-state index in [0.717, 1.165) is 5.75 Å². The number of nitrogens with two attached hydrogens (primary N) is 1. The van der Waals surface area contributed by atoms with Crippen LogP contribution in [0.1, 0.15) is 13.8 Å². The van der Waals surface area contributed by atoms with Crippen molar-refractivity contribution < 1.29 is 0 Å². The highest BCUT2D eigenvalue weighted by atomic mass is 32.2. The van der Waals surface area contributed by atoms with E-state index in [-0.39, 0.29) is 0 Å². The standard InChI is InChI=1S/C4H9NS2.C2H6/c5-4-3-6-1-2-7-4;1-2/h4H,1-3,5H2;1-2H3. The largest absolute Gasteiger partial charge is 0.319 e. The molecule has 1 atom stereocenters. The van der Waals surface area contributed by atoms with Gasteiger partial charge in [-0.15, -0.1) is 11.8 Å². The van der Waals surface area contributed by atoms with Crippen molar-refractivity contribution in [2.75, 3.05) is 17.3 Å². The molecule has 1 nitrogen and oxygen atoms in total. The van der Waals surface area contributed by atoms with E-state index in [1.165, 1.54) is 11.5 Å². The first kappa shape index (κ1) is 9.66. The zero-order valence-corrected chi connectivity index (χ0v) is 7.73. The smallest absolute Gasteiger partial charge is 0.0599 e. The molecule has 1 unspecified atom stereocenters. The molecule has 1 rings (SSSR count). The minimum absolute atomic E-state index is 0.416. The highest BCUT2D eigenvalue weighted by Gasteiger charge is 2.07. The summed E-state index contributed by atoms with van der Waals surface area (Å²) in [6.45, 7) is 4.00. The number of hydrogen-bond acceptors (Lipinski definition) is 3. The van der Waals surface area contributed by atoms with Gasteiger partial charge in [0.2, 0.25) is 0 Å². The second-order valence-corrected chi connectivity index (χ2v) is 3.98. The van der Waals surface area contributed by atoms with Crippen LogP contribution in [0.3, 0.4) is 0 Å². The summed E-state index contributed by atoms with van der Waals surface area (Å²) in [5, 5.41) is 0.416. The molecule has 1 aliphatic rings. The Labute approximate surface area is 66.2 Å². The van der Waals surface area contributed by atoms with Crippen molar-refractivity contribution in [3.05, 3.63) is 0 Å². The Kier molecular flexibility index (Phi) is 7.27. The van der Waals surface area contributed by atoms with E-state index in [1.54, 1.807) is 0 Å². The van der Waals surface area contributed by atoms with E-state index in [1.807, 2.05) is 37.4 Å². The molecule has 0 radical (unpaired) electrons. The molecule has 1 fully saturated rings. The lowest BCUT2D eigenvalue weighted by Crippen LogP contribution is -2.22. The Bertz CT molecular complexity index is 53.0. The van der Waals surface area contributed by atoms with Crippen molar-refractivity contribution in [3.63, 3.8) is 0 Å². The van der Waals surface area contributed by atoms with Gasteiger partial charge in [0.05, 0.1) is 5.37 Å². The second kappa shape index (κ2) is 6.78. The van der Waals surface area contributed by atoms with E-state index < -0.39 is 0 Å². The maximum atomic E-state index is 5.58. The molecule has 0 amide bonds. The predicted octanol–water partition coefficient (Wildman–Crippen LogP) is 1.78. The van der Waals surface area contributed by atoms with Crippen LogP contribution in [0.15, 0.2) is 0 Å². The molecule has 1 heterocycles. The lowest BCUT2D eigenvalue weighted by Gasteiger charge is -2.15. The second-order valence-electron chi connectivity index (χ2n) is 1.48. The van der Waals surface area contributed by atoms with Crippen LogP contribution in [0.4, 0.5) is 0 Å². The van der Waals surface area contributed by atoms with E-state index >= 15 is 0 Å². The van der Waals surface area contributed by atoms with Crippen LogP contribution < -0.4 is 5.73 Å². The Morgan fingerprint density at radius 2 is 2.00 bits per heavy atom. The van der Waals surface area contributed by atoms with Crippen LogP contribution in [0.25, 0.3) is 0 Å². The van der Waals surface area contributed by atoms with E-state index in [4.69, 9.17) is 5.73 Å². The number of hydrogen-bond donors (Lipinski definition) is 1. The van der Waals surface area contributed by atoms with Gasteiger partial charge in [-0.1, -0.05) is 13.8 Å². The molecule has 0 aromatic carbocycles. The molecule has 1 aliphatic heterocycles. The van der Waals surface area contributed by atoms with Gasteiger partial charge >= 0.3 is 0 Å². The summed E-state index contributed by atoms with van der Waals surface area (Å²) in [7, 11) is 0.